The first-order valence-electron chi connectivity index (χ1n) is 15.8. The number of aromatic hydroxyl groups is 2. The summed E-state index contributed by atoms with van der Waals surface area (Å²) in [6.45, 7) is 5.34. The number of nitrogens with zero attached hydrogens (tertiary/aromatic N) is 1. The van der Waals surface area contributed by atoms with Crippen LogP contribution in [0.25, 0.3) is 0 Å². The van der Waals surface area contributed by atoms with Gasteiger partial charge in [-0.25, -0.2) is 9.59 Å². The third-order valence-electron chi connectivity index (χ3n) is 7.84. The Hall–Kier alpha value is -4.82. The Bertz CT molecular complexity index is 1550. The lowest BCUT2D eigenvalue weighted by Crippen LogP contribution is -2.61. The van der Waals surface area contributed by atoms with E-state index in [4.69, 9.17) is 9.47 Å². The van der Waals surface area contributed by atoms with E-state index in [9.17, 15) is 59.1 Å². The highest BCUT2D eigenvalue weighted by atomic mass is 32.2. The standard InChI is InChI=1S/C31H43N5O14S/c1-13-20(39)8-21(40)15-11-51-12-18(25(42)32-14(2)28(45)46)34-24(41)17(10-49-29(47)22(13)15)33-26(43)23-19(38)6-7-36(23)27(44)16(9-37)35-30(48)50-31(3,4)5/h8,14,16-19,23,37-40H,6-7,9-12H2,1-5H3,(H,32,42)(H,33,43)(H,34,41)(H,35,48)(H,45,46)/t14-,16-,17+,18-,19+,23-/m0/s1. The zero-order valence-corrected chi connectivity index (χ0v) is 29.4. The molecule has 282 valence electrons. The normalized spacial score (nSPS) is 22.5. The summed E-state index contributed by atoms with van der Waals surface area (Å²) in [7, 11) is 0. The second kappa shape index (κ2) is 16.9. The van der Waals surface area contributed by atoms with Gasteiger partial charge in [0.25, 0.3) is 0 Å². The smallest absolute Gasteiger partial charge is 0.408 e. The molecule has 1 aromatic carbocycles. The van der Waals surface area contributed by atoms with Crippen molar-refractivity contribution in [3.8, 4) is 11.5 Å². The predicted octanol–water partition coefficient (Wildman–Crippen LogP) is -1.78. The van der Waals surface area contributed by atoms with Gasteiger partial charge >= 0.3 is 18.0 Å². The first-order valence-corrected chi connectivity index (χ1v) is 16.9. The molecule has 1 fully saturated rings. The number of hydrogen-bond donors (Lipinski definition) is 9. The van der Waals surface area contributed by atoms with E-state index in [2.05, 4.69) is 21.3 Å². The Morgan fingerprint density at radius 3 is 2.39 bits per heavy atom. The number of fused-ring (bicyclic) bond motifs is 1. The highest BCUT2D eigenvalue weighted by molar-refractivity contribution is 7.98. The number of hydrogen-bond acceptors (Lipinski definition) is 14. The molecule has 2 aliphatic heterocycles. The molecular weight excluding hydrogens is 698 g/mol. The fourth-order valence-corrected chi connectivity index (χ4v) is 6.27. The topological polar surface area (TPSA) is 290 Å². The van der Waals surface area contributed by atoms with Crippen LogP contribution in [0.1, 0.15) is 55.6 Å². The summed E-state index contributed by atoms with van der Waals surface area (Å²) in [5.41, 5.74) is -1.11. The van der Waals surface area contributed by atoms with Crippen LogP contribution in [0.3, 0.4) is 0 Å². The van der Waals surface area contributed by atoms with E-state index in [1.807, 2.05) is 0 Å². The third kappa shape index (κ3) is 10.4. The molecule has 0 spiro atoms. The second-order valence-electron chi connectivity index (χ2n) is 12.9. The molecule has 0 bridgehead atoms. The lowest BCUT2D eigenvalue weighted by molar-refractivity contribution is -0.144. The summed E-state index contributed by atoms with van der Waals surface area (Å²) in [5.74, 6) is -7.70. The zero-order valence-electron chi connectivity index (χ0n) is 28.5. The van der Waals surface area contributed by atoms with Crippen LogP contribution >= 0.6 is 11.8 Å². The summed E-state index contributed by atoms with van der Waals surface area (Å²) < 4.78 is 10.5. The van der Waals surface area contributed by atoms with Crippen molar-refractivity contribution in [2.24, 2.45) is 0 Å². The Labute approximate surface area is 296 Å². The Balaban J connectivity index is 1.93. The van der Waals surface area contributed by atoms with Crippen molar-refractivity contribution in [1.29, 1.82) is 0 Å². The molecular formula is C31H43N5O14S. The summed E-state index contributed by atoms with van der Waals surface area (Å²) in [4.78, 5) is 91.6. The maximum atomic E-state index is 13.7. The number of amides is 5. The average Bonchev–Trinajstić information content (AvgIpc) is 3.42. The molecule has 9 N–H and O–H groups in total. The number of thioether (sulfide) groups is 1. The maximum absolute atomic E-state index is 13.7. The summed E-state index contributed by atoms with van der Waals surface area (Å²) >= 11 is 0.970. The molecule has 6 atom stereocenters. The Morgan fingerprint density at radius 1 is 1.12 bits per heavy atom. The van der Waals surface area contributed by atoms with Gasteiger partial charge in [0.05, 0.1) is 18.3 Å². The fraction of sp³-hybridized carbons (Fsp3) is 0.581. The zero-order chi connectivity index (χ0) is 38.4. The van der Waals surface area contributed by atoms with E-state index < -0.39 is 108 Å². The van der Waals surface area contributed by atoms with Crippen molar-refractivity contribution in [2.75, 3.05) is 25.5 Å². The van der Waals surface area contributed by atoms with Crippen LogP contribution in [-0.4, -0.2) is 140 Å². The van der Waals surface area contributed by atoms with E-state index in [1.54, 1.807) is 20.8 Å². The van der Waals surface area contributed by atoms with Gasteiger partial charge in [0.1, 0.15) is 53.9 Å². The van der Waals surface area contributed by atoms with Crippen LogP contribution in [0.5, 0.6) is 11.5 Å². The van der Waals surface area contributed by atoms with Gasteiger partial charge in [-0.05, 0) is 41.0 Å². The summed E-state index contributed by atoms with van der Waals surface area (Å²) in [6.07, 6.45) is -2.61. The number of alkyl carbamates (subject to hydrolysis) is 1. The second-order valence-corrected chi connectivity index (χ2v) is 13.9. The van der Waals surface area contributed by atoms with Crippen LogP contribution in [0.4, 0.5) is 4.79 Å². The SMILES string of the molecule is Cc1c(O)cc(O)c2c1C(=O)OC[C@@H](NC(=O)[C@@H]1[C@H](O)CCN1C(=O)[C@H](CO)NC(=O)OC(C)(C)C)C(=O)N[C@H](C(=O)N[C@@H](C)C(=O)O)CSC2. The Kier molecular flexibility index (Phi) is 13.5. The molecule has 0 unspecified atom stereocenters. The van der Waals surface area contributed by atoms with Gasteiger partial charge in [-0.3, -0.25) is 24.0 Å². The molecule has 19 nitrogen and oxygen atoms in total. The third-order valence-corrected chi connectivity index (χ3v) is 8.91. The summed E-state index contributed by atoms with van der Waals surface area (Å²) in [6, 6.07) is -6.76. The lowest BCUT2D eigenvalue weighted by Gasteiger charge is -2.31. The molecule has 20 heteroatoms. The first-order chi connectivity index (χ1) is 23.7. The van der Waals surface area contributed by atoms with Gasteiger partial charge < -0.3 is 61.2 Å². The number of esters is 1. The number of carboxylic acid groups (broad SMARTS) is 1. The lowest BCUT2D eigenvalue weighted by atomic mass is 10.0. The fourth-order valence-electron chi connectivity index (χ4n) is 5.19. The highest BCUT2D eigenvalue weighted by Crippen LogP contribution is 2.35. The number of aliphatic hydroxyl groups excluding tert-OH is 2. The molecule has 51 heavy (non-hydrogen) atoms. The highest BCUT2D eigenvalue weighted by Gasteiger charge is 2.44. The number of likely N-dealkylation sites (tertiary alicyclic amines) is 1. The first kappa shape index (κ1) is 40.6. The Morgan fingerprint density at radius 2 is 1.78 bits per heavy atom. The summed E-state index contributed by atoms with van der Waals surface area (Å²) in [5, 5.41) is 59.9. The number of carbonyl (C=O) groups is 7. The number of rotatable bonds is 8. The molecule has 5 amide bonds. The molecule has 2 heterocycles. The molecule has 0 saturated carbocycles. The maximum Gasteiger partial charge on any atom is 0.408 e. The van der Waals surface area contributed by atoms with Crippen LogP contribution in [0, 0.1) is 6.92 Å². The molecule has 1 aromatic rings. The van der Waals surface area contributed by atoms with Crippen molar-refractivity contribution < 1.29 is 68.6 Å². The molecule has 0 aliphatic carbocycles. The van der Waals surface area contributed by atoms with Crippen molar-refractivity contribution in [3.05, 3.63) is 22.8 Å². The minimum absolute atomic E-state index is 0.0294. The number of ether oxygens (including phenoxy) is 2. The van der Waals surface area contributed by atoms with E-state index in [1.165, 1.54) is 13.8 Å². The number of carbonyl (C=O) groups excluding carboxylic acids is 6. The molecule has 0 aromatic heterocycles. The van der Waals surface area contributed by atoms with E-state index in [-0.39, 0.29) is 41.2 Å². The molecule has 3 rings (SSSR count). The van der Waals surface area contributed by atoms with Crippen molar-refractivity contribution >= 4 is 53.4 Å². The van der Waals surface area contributed by atoms with E-state index in [0.717, 1.165) is 22.7 Å². The number of nitrogens with one attached hydrogen (secondary N) is 4. The van der Waals surface area contributed by atoms with Gasteiger partial charge in [0, 0.05) is 35.2 Å². The van der Waals surface area contributed by atoms with E-state index in [0.29, 0.717) is 0 Å². The van der Waals surface area contributed by atoms with Gasteiger partial charge in [0.2, 0.25) is 23.6 Å². The minimum Gasteiger partial charge on any atom is -0.508 e. The van der Waals surface area contributed by atoms with Gasteiger partial charge in [-0.1, -0.05) is 0 Å². The van der Waals surface area contributed by atoms with Gasteiger partial charge in [0.15, 0.2) is 0 Å². The number of phenolic OH excluding ortho intramolecular Hbond substituents is 2. The minimum atomic E-state index is -1.77. The number of phenols is 2. The van der Waals surface area contributed by atoms with Crippen molar-refractivity contribution in [2.45, 2.75) is 88.7 Å². The molecule has 2 aliphatic rings. The van der Waals surface area contributed by atoms with Gasteiger partial charge in [-0.15, -0.1) is 0 Å². The van der Waals surface area contributed by atoms with Gasteiger partial charge in [-0.2, -0.15) is 11.8 Å². The van der Waals surface area contributed by atoms with Crippen LogP contribution < -0.4 is 21.3 Å². The van der Waals surface area contributed by atoms with E-state index >= 15 is 0 Å². The monoisotopic (exact) mass is 741 g/mol. The van der Waals surface area contributed by atoms with Crippen LogP contribution in [0.2, 0.25) is 0 Å². The number of aliphatic carboxylic acids is 1. The van der Waals surface area contributed by atoms with Crippen LogP contribution in [0.15, 0.2) is 6.07 Å². The number of carboxylic acids is 1. The number of aliphatic hydroxyl groups is 2. The largest absolute Gasteiger partial charge is 0.508 e. The van der Waals surface area contributed by atoms with Crippen molar-refractivity contribution in [3.63, 3.8) is 0 Å². The molecule has 1 saturated heterocycles. The quantitative estimate of drug-likeness (QED) is 0.133. The van der Waals surface area contributed by atoms with Crippen LogP contribution in [-0.2, 0) is 39.2 Å². The number of benzene rings is 1. The number of cyclic esters (lactones) is 1. The predicted molar refractivity (Wildman–Crippen MR) is 176 cm³/mol. The molecule has 0 radical (unpaired) electrons. The average molecular weight is 742 g/mol. The van der Waals surface area contributed by atoms with Crippen molar-refractivity contribution in [1.82, 2.24) is 26.2 Å².